The van der Waals surface area contributed by atoms with E-state index < -0.39 is 16.1 Å². The average molecular weight is 527 g/mol. The molecule has 36 heavy (non-hydrogen) atoms. The minimum absolute atomic E-state index is 0.0803. The van der Waals surface area contributed by atoms with Crippen molar-refractivity contribution in [3.05, 3.63) is 76.5 Å². The highest BCUT2D eigenvalue weighted by molar-refractivity contribution is 7.89. The summed E-state index contributed by atoms with van der Waals surface area (Å²) in [5, 5.41) is 4.73. The summed E-state index contributed by atoms with van der Waals surface area (Å²) in [6.45, 7) is 2.81. The highest BCUT2D eigenvalue weighted by atomic mass is 32.2. The third-order valence-corrected chi connectivity index (χ3v) is 8.76. The van der Waals surface area contributed by atoms with E-state index in [0.717, 1.165) is 10.4 Å². The molecule has 2 aromatic carbocycles. The number of rotatable bonds is 9. The van der Waals surface area contributed by atoms with Crippen molar-refractivity contribution < 1.29 is 18.0 Å². The van der Waals surface area contributed by atoms with Gasteiger partial charge < -0.3 is 16.0 Å². The number of carbonyl (C=O) groups excluding carboxylic acids is 2. The van der Waals surface area contributed by atoms with E-state index in [9.17, 15) is 18.0 Å². The molecule has 3 aromatic rings. The van der Waals surface area contributed by atoms with Crippen LogP contribution in [0.1, 0.15) is 36.2 Å². The summed E-state index contributed by atoms with van der Waals surface area (Å²) in [7, 11) is -3.96. The molecule has 1 aliphatic heterocycles. The molecule has 0 aliphatic carbocycles. The zero-order valence-electron chi connectivity index (χ0n) is 20.0. The standard InChI is InChI=1S/C26H30N4O4S2/c1-18(19-6-3-2-4-7-19)29-36(33,34)24-16-21(28-25(31)17-22-8-5-15-35-22)9-10-23(24)30-13-11-20(12-14-30)26(27)32/h2-10,15-16,18,20,29H,11-14,17H2,1H3,(H2,27,32)(H,28,31)/t18-/m1/s1. The molecular formula is C26H30N4O4S2. The first kappa shape index (κ1) is 25.9. The van der Waals surface area contributed by atoms with E-state index in [1.54, 1.807) is 19.1 Å². The first-order valence-electron chi connectivity index (χ1n) is 11.8. The van der Waals surface area contributed by atoms with Crippen LogP contribution in [0.5, 0.6) is 0 Å². The zero-order chi connectivity index (χ0) is 25.7. The van der Waals surface area contributed by atoms with Crippen molar-refractivity contribution in [1.82, 2.24) is 4.72 Å². The maximum Gasteiger partial charge on any atom is 0.243 e. The molecule has 1 atom stereocenters. The Balaban J connectivity index is 1.61. The molecule has 190 valence electrons. The number of nitrogens with two attached hydrogens (primary N) is 1. The Bertz CT molecular complexity index is 1300. The van der Waals surface area contributed by atoms with E-state index in [4.69, 9.17) is 5.73 Å². The Morgan fingerprint density at radius 2 is 1.81 bits per heavy atom. The Morgan fingerprint density at radius 3 is 2.44 bits per heavy atom. The number of nitrogens with zero attached hydrogens (tertiary/aromatic N) is 1. The fourth-order valence-electron chi connectivity index (χ4n) is 4.36. The quantitative estimate of drug-likeness (QED) is 0.393. The fourth-order valence-corrected chi connectivity index (χ4v) is 6.54. The minimum Gasteiger partial charge on any atom is -0.370 e. The van der Waals surface area contributed by atoms with Crippen LogP contribution in [0.25, 0.3) is 0 Å². The van der Waals surface area contributed by atoms with Crippen LogP contribution in [0, 0.1) is 5.92 Å². The molecule has 1 fully saturated rings. The van der Waals surface area contributed by atoms with Gasteiger partial charge in [0.25, 0.3) is 0 Å². The van der Waals surface area contributed by atoms with Crippen molar-refractivity contribution in [2.45, 2.75) is 37.1 Å². The topological polar surface area (TPSA) is 122 Å². The Hall–Kier alpha value is -3.21. The second-order valence-electron chi connectivity index (χ2n) is 8.90. The molecule has 0 unspecified atom stereocenters. The second-order valence-corrected chi connectivity index (χ2v) is 11.6. The van der Waals surface area contributed by atoms with Crippen LogP contribution in [0.4, 0.5) is 11.4 Å². The van der Waals surface area contributed by atoms with Gasteiger partial charge in [0.15, 0.2) is 0 Å². The molecule has 4 N–H and O–H groups in total. The van der Waals surface area contributed by atoms with E-state index in [2.05, 4.69) is 10.0 Å². The molecule has 4 rings (SSSR count). The molecule has 1 aliphatic rings. The van der Waals surface area contributed by atoms with Crippen LogP contribution in [-0.4, -0.2) is 33.3 Å². The number of hydrogen-bond donors (Lipinski definition) is 3. The number of benzene rings is 2. The molecular weight excluding hydrogens is 496 g/mol. The smallest absolute Gasteiger partial charge is 0.243 e. The number of primary amides is 1. The summed E-state index contributed by atoms with van der Waals surface area (Å²) in [6.07, 6.45) is 1.33. The van der Waals surface area contributed by atoms with Gasteiger partial charge in [0, 0.05) is 35.6 Å². The van der Waals surface area contributed by atoms with Crippen LogP contribution >= 0.6 is 11.3 Å². The van der Waals surface area contributed by atoms with Crippen LogP contribution in [0.2, 0.25) is 0 Å². The highest BCUT2D eigenvalue weighted by Gasteiger charge is 2.29. The molecule has 0 saturated carbocycles. The molecule has 10 heteroatoms. The molecule has 1 saturated heterocycles. The number of sulfonamides is 1. The average Bonchev–Trinajstić information content (AvgIpc) is 3.37. The number of thiophene rings is 1. The zero-order valence-corrected chi connectivity index (χ0v) is 21.6. The number of amides is 2. The highest BCUT2D eigenvalue weighted by Crippen LogP contribution is 2.32. The molecule has 0 radical (unpaired) electrons. The van der Waals surface area contributed by atoms with Gasteiger partial charge in [0.2, 0.25) is 21.8 Å². The molecule has 1 aromatic heterocycles. The van der Waals surface area contributed by atoms with E-state index in [-0.39, 0.29) is 29.0 Å². The fraction of sp³-hybridized carbons (Fsp3) is 0.308. The first-order chi connectivity index (χ1) is 17.2. The maximum absolute atomic E-state index is 13.6. The lowest BCUT2D eigenvalue weighted by atomic mass is 9.96. The molecule has 0 bridgehead atoms. The summed E-state index contributed by atoms with van der Waals surface area (Å²) in [5.74, 6) is -0.764. The van der Waals surface area contributed by atoms with Gasteiger partial charge in [0.1, 0.15) is 4.90 Å². The Morgan fingerprint density at radius 1 is 1.08 bits per heavy atom. The summed E-state index contributed by atoms with van der Waals surface area (Å²) in [4.78, 5) is 27.1. The van der Waals surface area contributed by atoms with Crippen LogP contribution in [0.3, 0.4) is 0 Å². The van der Waals surface area contributed by atoms with Gasteiger partial charge >= 0.3 is 0 Å². The van der Waals surface area contributed by atoms with Gasteiger partial charge in [-0.15, -0.1) is 11.3 Å². The van der Waals surface area contributed by atoms with E-state index in [1.807, 2.05) is 52.7 Å². The third-order valence-electron chi connectivity index (χ3n) is 6.32. The van der Waals surface area contributed by atoms with Gasteiger partial charge in [-0.2, -0.15) is 0 Å². The van der Waals surface area contributed by atoms with Crippen LogP contribution in [-0.2, 0) is 26.0 Å². The predicted octanol–water partition coefficient (Wildman–Crippen LogP) is 3.67. The first-order valence-corrected chi connectivity index (χ1v) is 14.2. The van der Waals surface area contributed by atoms with E-state index >= 15 is 0 Å². The molecule has 8 nitrogen and oxygen atoms in total. The lowest BCUT2D eigenvalue weighted by Gasteiger charge is -2.33. The van der Waals surface area contributed by atoms with Gasteiger partial charge in [-0.25, -0.2) is 13.1 Å². The SMILES string of the molecule is C[C@@H](NS(=O)(=O)c1cc(NC(=O)Cc2cccs2)ccc1N1CCC(C(N)=O)CC1)c1ccccc1. The van der Waals surface area contributed by atoms with Gasteiger partial charge in [-0.1, -0.05) is 36.4 Å². The number of hydrogen-bond acceptors (Lipinski definition) is 6. The molecule has 0 spiro atoms. The lowest BCUT2D eigenvalue weighted by Crippen LogP contribution is -2.39. The molecule has 2 heterocycles. The Kier molecular flexibility index (Phi) is 8.07. The Labute approximate surface area is 215 Å². The van der Waals surface area contributed by atoms with Gasteiger partial charge in [-0.3, -0.25) is 9.59 Å². The van der Waals surface area contributed by atoms with Crippen molar-refractivity contribution in [3.63, 3.8) is 0 Å². The minimum atomic E-state index is -3.96. The third kappa shape index (κ3) is 6.31. The van der Waals surface area contributed by atoms with E-state index in [1.165, 1.54) is 17.4 Å². The molecule has 2 amide bonds. The predicted molar refractivity (Wildman–Crippen MR) is 142 cm³/mol. The number of piperidine rings is 1. The monoisotopic (exact) mass is 526 g/mol. The van der Waals surface area contributed by atoms with Gasteiger partial charge in [-0.05, 0) is 55.0 Å². The number of anilines is 2. The lowest BCUT2D eigenvalue weighted by molar-refractivity contribution is -0.122. The summed E-state index contributed by atoms with van der Waals surface area (Å²) >= 11 is 1.49. The van der Waals surface area contributed by atoms with Crippen molar-refractivity contribution in [2.24, 2.45) is 11.7 Å². The largest absolute Gasteiger partial charge is 0.370 e. The van der Waals surface area contributed by atoms with E-state index in [0.29, 0.717) is 37.3 Å². The summed E-state index contributed by atoms with van der Waals surface area (Å²) < 4.78 is 30.0. The second kappa shape index (κ2) is 11.2. The van der Waals surface area contributed by atoms with Crippen molar-refractivity contribution >= 4 is 44.5 Å². The normalized spacial score (nSPS) is 15.4. The van der Waals surface area contributed by atoms with Crippen molar-refractivity contribution in [2.75, 3.05) is 23.3 Å². The summed E-state index contributed by atoms with van der Waals surface area (Å²) in [6, 6.07) is 17.6. The van der Waals surface area contributed by atoms with Crippen molar-refractivity contribution in [1.29, 1.82) is 0 Å². The maximum atomic E-state index is 13.6. The van der Waals surface area contributed by atoms with Crippen LogP contribution < -0.4 is 20.7 Å². The number of nitrogens with one attached hydrogen (secondary N) is 2. The summed E-state index contributed by atoms with van der Waals surface area (Å²) in [5.41, 5.74) is 7.24. The number of carbonyl (C=O) groups is 2. The van der Waals surface area contributed by atoms with Crippen molar-refractivity contribution in [3.8, 4) is 0 Å². The van der Waals surface area contributed by atoms with Crippen LogP contribution in [0.15, 0.2) is 70.9 Å². The van der Waals surface area contributed by atoms with Gasteiger partial charge in [0.05, 0.1) is 12.1 Å².